The second kappa shape index (κ2) is 8.54. The molecule has 0 aliphatic heterocycles. The molecule has 0 aliphatic rings. The van der Waals surface area contributed by atoms with Gasteiger partial charge in [0.15, 0.2) is 0 Å². The molecule has 2 rings (SSSR count). The smallest absolute Gasteiger partial charge is 0.339 e. The van der Waals surface area contributed by atoms with Crippen LogP contribution in [-0.2, 0) is 26.1 Å². The molecule has 1 heterocycles. The lowest BCUT2D eigenvalue weighted by Crippen LogP contribution is -2.37. The van der Waals surface area contributed by atoms with Crippen molar-refractivity contribution >= 4 is 27.6 Å². The second-order valence-corrected chi connectivity index (χ2v) is 7.45. The molecule has 1 aromatic heterocycles. The average molecular weight is 377 g/mol. The van der Waals surface area contributed by atoms with Crippen LogP contribution < -0.4 is 5.32 Å². The molecule has 9 heteroatoms. The van der Waals surface area contributed by atoms with Crippen LogP contribution in [0.3, 0.4) is 0 Å². The van der Waals surface area contributed by atoms with Crippen LogP contribution in [0.15, 0.2) is 48.8 Å². The predicted molar refractivity (Wildman–Crippen MR) is 95.9 cm³/mol. The van der Waals surface area contributed by atoms with Gasteiger partial charge in [-0.05, 0) is 29.8 Å². The number of carbonyl (C=O) groups excluding carboxylic acids is 2. The van der Waals surface area contributed by atoms with E-state index < -0.39 is 28.4 Å². The summed E-state index contributed by atoms with van der Waals surface area (Å²) in [6.07, 6.45) is 4.12. The second-order valence-electron chi connectivity index (χ2n) is 5.47. The number of para-hydroxylation sites is 1. The highest BCUT2D eigenvalue weighted by Gasteiger charge is 2.21. The largest absolute Gasteiger partial charge is 0.465 e. The molecule has 1 amide bonds. The SMILES string of the molecule is COC(=O)c1ccccc1NC(=O)CN(Cc1ccncc1)S(C)(=O)=O. The minimum absolute atomic E-state index is 0.0351. The lowest BCUT2D eigenvalue weighted by atomic mass is 10.2. The quantitative estimate of drug-likeness (QED) is 0.729. The summed E-state index contributed by atoms with van der Waals surface area (Å²) in [5, 5.41) is 2.56. The molecule has 138 valence electrons. The maximum atomic E-state index is 12.3. The van der Waals surface area contributed by atoms with E-state index in [0.717, 1.165) is 10.6 Å². The third-order valence-electron chi connectivity index (χ3n) is 3.50. The molecule has 0 aliphatic carbocycles. The Morgan fingerprint density at radius 3 is 2.42 bits per heavy atom. The first kappa shape index (κ1) is 19.5. The number of amides is 1. The number of anilines is 1. The molecule has 26 heavy (non-hydrogen) atoms. The van der Waals surface area contributed by atoms with E-state index in [1.54, 1.807) is 36.7 Å². The van der Waals surface area contributed by atoms with E-state index in [-0.39, 0.29) is 17.8 Å². The minimum Gasteiger partial charge on any atom is -0.465 e. The summed E-state index contributed by atoms with van der Waals surface area (Å²) in [5.41, 5.74) is 1.14. The van der Waals surface area contributed by atoms with E-state index in [2.05, 4.69) is 15.0 Å². The zero-order valence-electron chi connectivity index (χ0n) is 14.4. The van der Waals surface area contributed by atoms with E-state index in [0.29, 0.717) is 5.56 Å². The van der Waals surface area contributed by atoms with E-state index in [1.807, 2.05) is 0 Å². The van der Waals surface area contributed by atoms with E-state index in [1.165, 1.54) is 19.2 Å². The fourth-order valence-electron chi connectivity index (χ4n) is 2.21. The van der Waals surface area contributed by atoms with Crippen molar-refractivity contribution in [3.05, 3.63) is 59.9 Å². The average Bonchev–Trinajstić information content (AvgIpc) is 2.61. The van der Waals surface area contributed by atoms with Crippen LogP contribution in [0.25, 0.3) is 0 Å². The Hall–Kier alpha value is -2.78. The topological polar surface area (TPSA) is 106 Å². The number of ether oxygens (including phenoxy) is 1. The molecule has 0 fully saturated rings. The first-order valence-corrected chi connectivity index (χ1v) is 9.47. The summed E-state index contributed by atoms with van der Waals surface area (Å²) in [7, 11) is -2.38. The third kappa shape index (κ3) is 5.36. The van der Waals surface area contributed by atoms with Gasteiger partial charge < -0.3 is 10.1 Å². The molecule has 1 aromatic carbocycles. The number of aromatic nitrogens is 1. The molecule has 2 aromatic rings. The summed E-state index contributed by atoms with van der Waals surface area (Å²) in [6.45, 7) is -0.357. The summed E-state index contributed by atoms with van der Waals surface area (Å²) in [6, 6.07) is 9.66. The van der Waals surface area contributed by atoms with Crippen molar-refractivity contribution in [1.29, 1.82) is 0 Å². The van der Waals surface area contributed by atoms with Crippen LogP contribution in [0.4, 0.5) is 5.69 Å². The number of benzene rings is 1. The zero-order valence-corrected chi connectivity index (χ0v) is 15.2. The fraction of sp³-hybridized carbons (Fsp3) is 0.235. The van der Waals surface area contributed by atoms with Crippen molar-refractivity contribution in [2.75, 3.05) is 25.2 Å². The van der Waals surface area contributed by atoms with Crippen molar-refractivity contribution in [3.8, 4) is 0 Å². The lowest BCUT2D eigenvalue weighted by Gasteiger charge is -2.20. The monoisotopic (exact) mass is 377 g/mol. The summed E-state index contributed by atoms with van der Waals surface area (Å²) < 4.78 is 29.7. The highest BCUT2D eigenvalue weighted by Crippen LogP contribution is 2.16. The number of hydrogen-bond donors (Lipinski definition) is 1. The van der Waals surface area contributed by atoms with Gasteiger partial charge in [-0.2, -0.15) is 4.31 Å². The van der Waals surface area contributed by atoms with Crippen LogP contribution >= 0.6 is 0 Å². The van der Waals surface area contributed by atoms with Crippen molar-refractivity contribution in [2.24, 2.45) is 0 Å². The van der Waals surface area contributed by atoms with E-state index in [4.69, 9.17) is 0 Å². The van der Waals surface area contributed by atoms with Gasteiger partial charge in [-0.1, -0.05) is 12.1 Å². The minimum atomic E-state index is -3.62. The Kier molecular flexibility index (Phi) is 6.42. The van der Waals surface area contributed by atoms with Crippen LogP contribution in [0.1, 0.15) is 15.9 Å². The molecule has 0 atom stereocenters. The summed E-state index contributed by atoms with van der Waals surface area (Å²) in [5.74, 6) is -1.17. The Bertz CT molecular complexity index is 884. The zero-order chi connectivity index (χ0) is 19.2. The molecule has 1 N–H and O–H groups in total. The fourth-order valence-corrected chi connectivity index (χ4v) is 2.95. The van der Waals surface area contributed by atoms with E-state index >= 15 is 0 Å². The van der Waals surface area contributed by atoms with Crippen molar-refractivity contribution in [3.63, 3.8) is 0 Å². The molecule has 0 saturated heterocycles. The van der Waals surface area contributed by atoms with Crippen molar-refractivity contribution < 1.29 is 22.7 Å². The number of esters is 1. The Morgan fingerprint density at radius 1 is 1.15 bits per heavy atom. The molecular weight excluding hydrogens is 358 g/mol. The Morgan fingerprint density at radius 2 is 1.81 bits per heavy atom. The van der Waals surface area contributed by atoms with Gasteiger partial charge in [-0.25, -0.2) is 13.2 Å². The number of carbonyl (C=O) groups is 2. The molecule has 0 radical (unpaired) electrons. The first-order valence-electron chi connectivity index (χ1n) is 7.62. The normalized spacial score (nSPS) is 11.2. The maximum Gasteiger partial charge on any atom is 0.339 e. The van der Waals surface area contributed by atoms with Gasteiger partial charge in [0.05, 0.1) is 31.2 Å². The maximum absolute atomic E-state index is 12.3. The van der Waals surface area contributed by atoms with Crippen molar-refractivity contribution in [2.45, 2.75) is 6.54 Å². The summed E-state index contributed by atoms with van der Waals surface area (Å²) >= 11 is 0. The van der Waals surface area contributed by atoms with Gasteiger partial charge in [-0.3, -0.25) is 9.78 Å². The predicted octanol–water partition coefficient (Wildman–Crippen LogP) is 1.27. The van der Waals surface area contributed by atoms with Crippen molar-refractivity contribution in [1.82, 2.24) is 9.29 Å². The molecule has 0 unspecified atom stereocenters. The van der Waals surface area contributed by atoms with Gasteiger partial charge in [0.25, 0.3) is 0 Å². The Balaban J connectivity index is 2.15. The first-order chi connectivity index (χ1) is 12.3. The number of rotatable bonds is 7. The highest BCUT2D eigenvalue weighted by atomic mass is 32.2. The molecule has 0 spiro atoms. The number of sulfonamides is 1. The molecule has 0 saturated carbocycles. The van der Waals surface area contributed by atoms with E-state index in [9.17, 15) is 18.0 Å². The number of pyridine rings is 1. The standard InChI is InChI=1S/C17H19N3O5S/c1-25-17(22)14-5-3-4-6-15(14)19-16(21)12-20(26(2,23)24)11-13-7-9-18-10-8-13/h3-10H,11-12H2,1-2H3,(H,19,21). The number of nitrogens with one attached hydrogen (secondary N) is 1. The molecular formula is C17H19N3O5S. The number of hydrogen-bond acceptors (Lipinski definition) is 6. The van der Waals surface area contributed by atoms with Crippen LogP contribution in [0.2, 0.25) is 0 Å². The van der Waals surface area contributed by atoms with Crippen LogP contribution in [0.5, 0.6) is 0 Å². The van der Waals surface area contributed by atoms with Gasteiger partial charge in [0.2, 0.25) is 15.9 Å². The van der Waals surface area contributed by atoms with Gasteiger partial charge in [0, 0.05) is 18.9 Å². The van der Waals surface area contributed by atoms with Gasteiger partial charge in [-0.15, -0.1) is 0 Å². The lowest BCUT2D eigenvalue weighted by molar-refractivity contribution is -0.116. The van der Waals surface area contributed by atoms with Gasteiger partial charge >= 0.3 is 5.97 Å². The summed E-state index contributed by atoms with van der Waals surface area (Å²) in [4.78, 5) is 28.0. The van der Waals surface area contributed by atoms with Crippen LogP contribution in [0, 0.1) is 0 Å². The highest BCUT2D eigenvalue weighted by molar-refractivity contribution is 7.88. The van der Waals surface area contributed by atoms with Crippen LogP contribution in [-0.4, -0.2) is 49.5 Å². The Labute approximate surface area is 151 Å². The number of nitrogens with zero attached hydrogens (tertiary/aromatic N) is 2. The van der Waals surface area contributed by atoms with Gasteiger partial charge in [0.1, 0.15) is 0 Å². The molecule has 0 bridgehead atoms. The molecule has 8 nitrogen and oxygen atoms in total. The number of methoxy groups -OCH3 is 1. The third-order valence-corrected chi connectivity index (χ3v) is 4.70.